The summed E-state index contributed by atoms with van der Waals surface area (Å²) in [5.74, 6) is -1.95. The molecule has 0 aliphatic carbocycles. The molecular formula is C9H7F4NO2. The van der Waals surface area contributed by atoms with Crippen molar-refractivity contribution in [2.75, 3.05) is 7.11 Å². The standard InChI is InChI=1S/C9H7F4NO2/c1-16-8(15)3-7-6(10)2-5(4-14-7)9(11,12)13/h2,4H,3H2,1H3. The Morgan fingerprint density at radius 1 is 1.50 bits per heavy atom. The molecule has 0 saturated carbocycles. The Hall–Kier alpha value is -1.66. The number of alkyl halides is 3. The zero-order valence-corrected chi connectivity index (χ0v) is 8.14. The van der Waals surface area contributed by atoms with E-state index < -0.39 is 29.9 Å². The molecule has 7 heteroatoms. The number of hydrogen-bond donors (Lipinski definition) is 0. The van der Waals surface area contributed by atoms with Crippen LogP contribution in [0.25, 0.3) is 0 Å². The van der Waals surface area contributed by atoms with Crippen LogP contribution in [0.2, 0.25) is 0 Å². The molecule has 1 rings (SSSR count). The van der Waals surface area contributed by atoms with Gasteiger partial charge in [-0.1, -0.05) is 0 Å². The Bertz CT molecular complexity index is 403. The van der Waals surface area contributed by atoms with Crippen LogP contribution in [-0.4, -0.2) is 18.1 Å². The molecule has 0 unspecified atom stereocenters. The molecule has 0 spiro atoms. The maximum atomic E-state index is 13.1. The van der Waals surface area contributed by atoms with Crippen LogP contribution in [-0.2, 0) is 22.1 Å². The maximum absolute atomic E-state index is 13.1. The fourth-order valence-electron chi connectivity index (χ4n) is 0.960. The molecule has 0 aromatic carbocycles. The number of ether oxygens (including phenoxy) is 1. The lowest BCUT2D eigenvalue weighted by Gasteiger charge is -2.07. The Labute approximate surface area is 88.0 Å². The molecule has 16 heavy (non-hydrogen) atoms. The van der Waals surface area contributed by atoms with Gasteiger partial charge in [0.05, 0.1) is 24.8 Å². The average Bonchev–Trinajstić information content (AvgIpc) is 2.19. The van der Waals surface area contributed by atoms with E-state index in [9.17, 15) is 22.4 Å². The summed E-state index contributed by atoms with van der Waals surface area (Å²) >= 11 is 0. The van der Waals surface area contributed by atoms with E-state index in [-0.39, 0.29) is 5.69 Å². The van der Waals surface area contributed by atoms with Gasteiger partial charge in [-0.3, -0.25) is 9.78 Å². The zero-order chi connectivity index (χ0) is 12.3. The minimum Gasteiger partial charge on any atom is -0.469 e. The Kier molecular flexibility index (Phi) is 3.46. The van der Waals surface area contributed by atoms with Crippen molar-refractivity contribution in [3.63, 3.8) is 0 Å². The van der Waals surface area contributed by atoms with E-state index in [1.54, 1.807) is 0 Å². The molecule has 88 valence electrons. The van der Waals surface area contributed by atoms with E-state index in [1.165, 1.54) is 0 Å². The van der Waals surface area contributed by atoms with Gasteiger partial charge in [0.25, 0.3) is 0 Å². The van der Waals surface area contributed by atoms with Crippen LogP contribution in [0.4, 0.5) is 17.6 Å². The van der Waals surface area contributed by atoms with Gasteiger partial charge in [0, 0.05) is 6.20 Å². The number of carbonyl (C=O) groups excluding carboxylic acids is 1. The van der Waals surface area contributed by atoms with Gasteiger partial charge in [0.1, 0.15) is 5.82 Å². The van der Waals surface area contributed by atoms with Crippen LogP contribution in [0.3, 0.4) is 0 Å². The highest BCUT2D eigenvalue weighted by atomic mass is 19.4. The van der Waals surface area contributed by atoms with Gasteiger partial charge in [0.2, 0.25) is 0 Å². The molecule has 0 aliphatic heterocycles. The van der Waals surface area contributed by atoms with Gasteiger partial charge in [-0.15, -0.1) is 0 Å². The number of esters is 1. The lowest BCUT2D eigenvalue weighted by molar-refractivity contribution is -0.139. The molecular weight excluding hydrogens is 230 g/mol. The molecule has 0 N–H and O–H groups in total. The van der Waals surface area contributed by atoms with Crippen LogP contribution in [0.1, 0.15) is 11.3 Å². The predicted octanol–water partition coefficient (Wildman–Crippen LogP) is 1.95. The highest BCUT2D eigenvalue weighted by Crippen LogP contribution is 2.29. The summed E-state index contributed by atoms with van der Waals surface area (Å²) in [6.07, 6.45) is -4.68. The summed E-state index contributed by atoms with van der Waals surface area (Å²) in [6.45, 7) is 0. The van der Waals surface area contributed by atoms with Crippen LogP contribution < -0.4 is 0 Å². The number of halogens is 4. The van der Waals surface area contributed by atoms with E-state index in [4.69, 9.17) is 0 Å². The fraction of sp³-hybridized carbons (Fsp3) is 0.333. The second-order valence-electron chi connectivity index (χ2n) is 2.90. The minimum absolute atomic E-state index is 0.297. The average molecular weight is 237 g/mol. The van der Waals surface area contributed by atoms with Crippen LogP contribution in [0.5, 0.6) is 0 Å². The lowest BCUT2D eigenvalue weighted by Crippen LogP contribution is -2.11. The van der Waals surface area contributed by atoms with E-state index in [1.807, 2.05) is 0 Å². The number of methoxy groups -OCH3 is 1. The number of hydrogen-bond acceptors (Lipinski definition) is 3. The first-order valence-corrected chi connectivity index (χ1v) is 4.13. The SMILES string of the molecule is COC(=O)Cc1ncc(C(F)(F)F)cc1F. The maximum Gasteiger partial charge on any atom is 0.417 e. The quantitative estimate of drug-likeness (QED) is 0.583. The minimum atomic E-state index is -4.66. The van der Waals surface area contributed by atoms with Crippen molar-refractivity contribution in [2.24, 2.45) is 0 Å². The van der Waals surface area contributed by atoms with Gasteiger partial charge in [-0.2, -0.15) is 13.2 Å². The lowest BCUT2D eigenvalue weighted by atomic mass is 10.2. The highest BCUT2D eigenvalue weighted by molar-refractivity contribution is 5.71. The molecule has 0 bridgehead atoms. The first-order valence-electron chi connectivity index (χ1n) is 4.13. The summed E-state index contributed by atoms with van der Waals surface area (Å²) in [5.41, 5.74) is -1.57. The van der Waals surface area contributed by atoms with Gasteiger partial charge in [-0.25, -0.2) is 4.39 Å². The molecule has 0 amide bonds. The van der Waals surface area contributed by atoms with E-state index >= 15 is 0 Å². The van der Waals surface area contributed by atoms with Crippen molar-refractivity contribution in [3.05, 3.63) is 29.3 Å². The molecule has 3 nitrogen and oxygen atoms in total. The topological polar surface area (TPSA) is 39.2 Å². The van der Waals surface area contributed by atoms with Crippen molar-refractivity contribution in [2.45, 2.75) is 12.6 Å². The molecule has 0 fully saturated rings. The number of carbonyl (C=O) groups is 1. The summed E-state index contributed by atoms with van der Waals surface area (Å²) in [7, 11) is 1.09. The number of pyridine rings is 1. The molecule has 0 saturated heterocycles. The number of nitrogens with zero attached hydrogens (tertiary/aromatic N) is 1. The number of aromatic nitrogens is 1. The van der Waals surface area contributed by atoms with Crippen molar-refractivity contribution < 1.29 is 27.1 Å². The summed E-state index contributed by atoms with van der Waals surface area (Å²) in [4.78, 5) is 14.0. The first-order chi connectivity index (χ1) is 7.34. The molecule has 1 heterocycles. The van der Waals surface area contributed by atoms with E-state index in [0.29, 0.717) is 12.3 Å². The molecule has 1 aromatic rings. The van der Waals surface area contributed by atoms with Crippen LogP contribution in [0, 0.1) is 5.82 Å². The third-order valence-electron chi connectivity index (χ3n) is 1.78. The van der Waals surface area contributed by atoms with E-state index in [0.717, 1.165) is 7.11 Å². The van der Waals surface area contributed by atoms with Crippen molar-refractivity contribution in [1.29, 1.82) is 0 Å². The van der Waals surface area contributed by atoms with Gasteiger partial charge < -0.3 is 4.74 Å². The molecule has 0 atom stereocenters. The molecule has 0 aliphatic rings. The third kappa shape index (κ3) is 2.91. The Balaban J connectivity index is 2.96. The monoisotopic (exact) mass is 237 g/mol. The van der Waals surface area contributed by atoms with Crippen molar-refractivity contribution in [1.82, 2.24) is 4.98 Å². The van der Waals surface area contributed by atoms with Crippen LogP contribution >= 0.6 is 0 Å². The molecule has 1 aromatic heterocycles. The summed E-state index contributed by atoms with van der Waals surface area (Å²) in [5, 5.41) is 0. The Morgan fingerprint density at radius 3 is 2.56 bits per heavy atom. The largest absolute Gasteiger partial charge is 0.469 e. The normalized spacial score (nSPS) is 11.3. The predicted molar refractivity (Wildman–Crippen MR) is 44.9 cm³/mol. The van der Waals surface area contributed by atoms with Gasteiger partial charge >= 0.3 is 12.1 Å². The first kappa shape index (κ1) is 12.4. The Morgan fingerprint density at radius 2 is 2.12 bits per heavy atom. The fourth-order valence-corrected chi connectivity index (χ4v) is 0.960. The van der Waals surface area contributed by atoms with E-state index in [2.05, 4.69) is 9.72 Å². The van der Waals surface area contributed by atoms with Gasteiger partial charge in [-0.05, 0) is 6.07 Å². The second-order valence-corrected chi connectivity index (χ2v) is 2.90. The highest BCUT2D eigenvalue weighted by Gasteiger charge is 2.32. The van der Waals surface area contributed by atoms with Crippen LogP contribution in [0.15, 0.2) is 12.3 Å². The van der Waals surface area contributed by atoms with Crippen molar-refractivity contribution >= 4 is 5.97 Å². The summed E-state index contributed by atoms with van der Waals surface area (Å²) in [6, 6.07) is 0.297. The molecule has 0 radical (unpaired) electrons. The van der Waals surface area contributed by atoms with Crippen molar-refractivity contribution in [3.8, 4) is 0 Å². The zero-order valence-electron chi connectivity index (χ0n) is 8.14. The smallest absolute Gasteiger partial charge is 0.417 e. The van der Waals surface area contributed by atoms with Gasteiger partial charge in [0.15, 0.2) is 0 Å². The number of rotatable bonds is 2. The summed E-state index contributed by atoms with van der Waals surface area (Å²) < 4.78 is 53.7. The third-order valence-corrected chi connectivity index (χ3v) is 1.78. The second kappa shape index (κ2) is 4.46.